The number of anilines is 1. The zero-order valence-electron chi connectivity index (χ0n) is 22.4. The second-order valence-electron chi connectivity index (χ2n) is 9.68. The van der Waals surface area contributed by atoms with Crippen molar-refractivity contribution in [2.24, 2.45) is 5.16 Å². The van der Waals surface area contributed by atoms with Crippen LogP contribution in [0.5, 0.6) is 5.75 Å². The Bertz CT molecular complexity index is 1750. The molecule has 2 heterocycles. The monoisotopic (exact) mass is 575 g/mol. The molecule has 0 amide bonds. The molecule has 0 aliphatic carbocycles. The Morgan fingerprint density at radius 1 is 1.07 bits per heavy atom. The largest absolute Gasteiger partial charge is 0.497 e. The van der Waals surface area contributed by atoms with Crippen LogP contribution in [0.25, 0.3) is 16.6 Å². The summed E-state index contributed by atoms with van der Waals surface area (Å²) in [4.78, 5) is 39.2. The first-order chi connectivity index (χ1) is 20.2. The maximum Gasteiger partial charge on any atom is 0.341 e. The Kier molecular flexibility index (Phi) is 7.84. The quantitative estimate of drug-likeness (QED) is 0.139. The molecule has 5 rings (SSSR count). The second-order valence-corrected chi connectivity index (χ2v) is 9.68. The number of carbonyl (C=O) groups is 1. The zero-order chi connectivity index (χ0) is 30.0. The third kappa shape index (κ3) is 5.49. The number of hydrogen-bond acceptors (Lipinski definition) is 9. The van der Waals surface area contributed by atoms with Gasteiger partial charge in [-0.2, -0.15) is 0 Å². The second kappa shape index (κ2) is 11.7. The number of ether oxygens (including phenoxy) is 1. The molecule has 0 saturated carbocycles. The van der Waals surface area contributed by atoms with Gasteiger partial charge in [0.1, 0.15) is 22.8 Å². The number of nitrogens with zero attached hydrogens (tertiary/aromatic N) is 5. The summed E-state index contributed by atoms with van der Waals surface area (Å²) in [6.07, 6.45) is 1.14. The number of fused-ring (bicyclic) bond motifs is 1. The number of aromatic nitrogens is 1. The maximum absolute atomic E-state index is 15.4. The van der Waals surface area contributed by atoms with E-state index in [4.69, 9.17) is 4.74 Å². The number of rotatable bonds is 8. The normalized spacial score (nSPS) is 14.2. The van der Waals surface area contributed by atoms with Gasteiger partial charge in [0.15, 0.2) is 0 Å². The van der Waals surface area contributed by atoms with Gasteiger partial charge in [0.25, 0.3) is 5.69 Å². The van der Waals surface area contributed by atoms with Crippen molar-refractivity contribution in [3.63, 3.8) is 0 Å². The summed E-state index contributed by atoms with van der Waals surface area (Å²) in [5, 5.41) is 33.7. The van der Waals surface area contributed by atoms with Crippen molar-refractivity contribution in [3.05, 3.63) is 104 Å². The number of methoxy groups -OCH3 is 1. The average Bonchev–Trinajstić information content (AvgIpc) is 3.00. The molecule has 1 aliphatic heterocycles. The molecular formula is C29H26FN5O7. The van der Waals surface area contributed by atoms with E-state index >= 15 is 4.39 Å². The van der Waals surface area contributed by atoms with E-state index in [2.05, 4.69) is 10.1 Å². The van der Waals surface area contributed by atoms with Crippen molar-refractivity contribution in [1.82, 2.24) is 9.47 Å². The van der Waals surface area contributed by atoms with E-state index in [1.807, 2.05) is 4.90 Å². The van der Waals surface area contributed by atoms with Crippen LogP contribution in [-0.4, -0.2) is 76.2 Å². The number of halogens is 1. The lowest BCUT2D eigenvalue weighted by Gasteiger charge is -2.36. The Labute approximate surface area is 238 Å². The average molecular weight is 576 g/mol. The number of oxime groups is 1. The van der Waals surface area contributed by atoms with Gasteiger partial charge in [-0.3, -0.25) is 19.8 Å². The van der Waals surface area contributed by atoms with E-state index in [9.17, 15) is 30.0 Å². The Morgan fingerprint density at radius 3 is 2.31 bits per heavy atom. The van der Waals surface area contributed by atoms with Crippen LogP contribution in [0.4, 0.5) is 15.8 Å². The van der Waals surface area contributed by atoms with E-state index in [-0.39, 0.29) is 22.3 Å². The van der Waals surface area contributed by atoms with E-state index < -0.39 is 27.7 Å². The van der Waals surface area contributed by atoms with Crippen LogP contribution in [0.2, 0.25) is 0 Å². The number of carboxylic acids is 1. The van der Waals surface area contributed by atoms with Gasteiger partial charge in [-0.15, -0.1) is 0 Å². The first-order valence-electron chi connectivity index (χ1n) is 12.9. The maximum atomic E-state index is 15.4. The molecule has 13 heteroatoms. The topological polar surface area (TPSA) is 151 Å². The number of nitro benzene ring substituents is 1. The molecule has 216 valence electrons. The zero-order valence-corrected chi connectivity index (χ0v) is 22.4. The molecule has 0 spiro atoms. The minimum atomic E-state index is -1.47. The number of aromatic carboxylic acids is 1. The van der Waals surface area contributed by atoms with Crippen molar-refractivity contribution in [2.45, 2.75) is 0 Å². The third-order valence-corrected chi connectivity index (χ3v) is 7.27. The standard InChI is InChI=1S/C29H26FN5O7/c1-42-21-8-2-18(3-9-21)25(31-39)17-32-10-12-33(13-11-32)27-15-26-22(14-24(27)30)28(36)23(29(37)38)16-34(26)19-4-6-20(7-5-19)35(40)41/h2-9,14-16,39H,10-13,17H2,1H3,(H,37,38)/b31-25+. The molecule has 1 aromatic heterocycles. The molecule has 3 aromatic carbocycles. The van der Waals surface area contributed by atoms with Gasteiger partial charge in [0.2, 0.25) is 5.43 Å². The van der Waals surface area contributed by atoms with Crippen LogP contribution >= 0.6 is 0 Å². The highest BCUT2D eigenvalue weighted by Crippen LogP contribution is 2.28. The van der Waals surface area contributed by atoms with Gasteiger partial charge in [0.05, 0.1) is 23.2 Å². The first-order valence-corrected chi connectivity index (χ1v) is 12.9. The van der Waals surface area contributed by atoms with Crippen LogP contribution in [-0.2, 0) is 0 Å². The minimum absolute atomic E-state index is 0.128. The Hall–Kier alpha value is -5.30. The number of nitro groups is 1. The summed E-state index contributed by atoms with van der Waals surface area (Å²) in [7, 11) is 1.57. The molecule has 4 aromatic rings. The van der Waals surface area contributed by atoms with Crippen molar-refractivity contribution in [1.29, 1.82) is 0 Å². The van der Waals surface area contributed by atoms with Gasteiger partial charge in [-0.05, 0) is 48.5 Å². The fourth-order valence-corrected chi connectivity index (χ4v) is 5.00. The first kappa shape index (κ1) is 28.2. The minimum Gasteiger partial charge on any atom is -0.497 e. The van der Waals surface area contributed by atoms with Crippen molar-refractivity contribution >= 4 is 34.0 Å². The van der Waals surface area contributed by atoms with E-state index in [1.54, 1.807) is 31.4 Å². The number of non-ortho nitro benzene ring substituents is 1. The van der Waals surface area contributed by atoms with Crippen molar-refractivity contribution < 1.29 is 29.2 Å². The molecule has 0 bridgehead atoms. The SMILES string of the molecule is COc1ccc(/C(CN2CCN(c3cc4c(cc3F)c(=O)c(C(=O)O)cn4-c3ccc([N+](=O)[O-])cc3)CC2)=N/O)cc1. The highest BCUT2D eigenvalue weighted by molar-refractivity contribution is 6.01. The van der Waals surface area contributed by atoms with Crippen LogP contribution in [0.3, 0.4) is 0 Å². The highest BCUT2D eigenvalue weighted by Gasteiger charge is 2.24. The van der Waals surface area contributed by atoms with E-state index in [0.717, 1.165) is 17.8 Å². The molecule has 42 heavy (non-hydrogen) atoms. The molecule has 0 radical (unpaired) electrons. The van der Waals surface area contributed by atoms with Gasteiger partial charge in [-0.1, -0.05) is 5.16 Å². The fraction of sp³-hybridized carbons (Fsp3) is 0.207. The number of piperazine rings is 1. The number of hydrogen-bond donors (Lipinski definition) is 2. The Morgan fingerprint density at radius 2 is 1.74 bits per heavy atom. The molecule has 0 atom stereocenters. The summed E-state index contributed by atoms with van der Waals surface area (Å²) in [6, 6.07) is 15.1. The molecule has 1 fully saturated rings. The summed E-state index contributed by atoms with van der Waals surface area (Å²) in [5.74, 6) is -1.47. The van der Waals surface area contributed by atoms with Gasteiger partial charge in [0, 0.05) is 67.7 Å². The highest BCUT2D eigenvalue weighted by atomic mass is 19.1. The van der Waals surface area contributed by atoms with Crippen LogP contribution in [0.15, 0.2) is 76.8 Å². The lowest BCUT2D eigenvalue weighted by atomic mass is 10.1. The predicted molar refractivity (Wildman–Crippen MR) is 153 cm³/mol. The van der Waals surface area contributed by atoms with Crippen molar-refractivity contribution in [2.75, 3.05) is 44.7 Å². The van der Waals surface area contributed by atoms with Gasteiger partial charge >= 0.3 is 5.97 Å². The van der Waals surface area contributed by atoms with Crippen LogP contribution in [0, 0.1) is 15.9 Å². The van der Waals surface area contributed by atoms with Gasteiger partial charge < -0.3 is 24.5 Å². The molecule has 0 unspecified atom stereocenters. The number of pyridine rings is 1. The fourth-order valence-electron chi connectivity index (χ4n) is 5.00. The third-order valence-electron chi connectivity index (χ3n) is 7.27. The van der Waals surface area contributed by atoms with Crippen LogP contribution < -0.4 is 15.1 Å². The van der Waals surface area contributed by atoms with Crippen molar-refractivity contribution in [3.8, 4) is 11.4 Å². The molecule has 1 aliphatic rings. The molecule has 12 nitrogen and oxygen atoms in total. The summed E-state index contributed by atoms with van der Waals surface area (Å²) in [5.41, 5.74) is 0.521. The molecular weight excluding hydrogens is 549 g/mol. The lowest BCUT2D eigenvalue weighted by Crippen LogP contribution is -2.48. The molecule has 1 saturated heterocycles. The lowest BCUT2D eigenvalue weighted by molar-refractivity contribution is -0.384. The number of benzene rings is 3. The van der Waals surface area contributed by atoms with E-state index in [0.29, 0.717) is 49.9 Å². The summed E-state index contributed by atoms with van der Waals surface area (Å²) >= 11 is 0. The predicted octanol–water partition coefficient (Wildman–Crippen LogP) is 3.75. The Balaban J connectivity index is 1.43. The summed E-state index contributed by atoms with van der Waals surface area (Å²) < 4.78 is 22.0. The number of carboxylic acid groups (broad SMARTS) is 1. The molecule has 2 N–H and O–H groups in total. The van der Waals surface area contributed by atoms with Crippen LogP contribution in [0.1, 0.15) is 15.9 Å². The smallest absolute Gasteiger partial charge is 0.341 e. The van der Waals surface area contributed by atoms with Gasteiger partial charge in [-0.25, -0.2) is 9.18 Å². The van der Waals surface area contributed by atoms with E-state index in [1.165, 1.54) is 34.9 Å². The summed E-state index contributed by atoms with van der Waals surface area (Å²) in [6.45, 7) is 2.28.